The number of hydrogen-bond acceptors (Lipinski definition) is 3. The van der Waals surface area contributed by atoms with Gasteiger partial charge < -0.3 is 5.73 Å². The summed E-state index contributed by atoms with van der Waals surface area (Å²) in [7, 11) is 0. The van der Waals surface area contributed by atoms with E-state index in [0.717, 1.165) is 24.1 Å². The topological polar surface area (TPSA) is 63.4 Å². The number of carbonyl (C=O) groups excluding carboxylic acids is 2. The van der Waals surface area contributed by atoms with Crippen LogP contribution in [0.4, 0.5) is 5.69 Å². The number of likely N-dealkylation sites (tertiary alicyclic amines) is 1. The van der Waals surface area contributed by atoms with E-state index in [-0.39, 0.29) is 29.7 Å². The second kappa shape index (κ2) is 4.45. The lowest BCUT2D eigenvalue weighted by molar-refractivity contribution is -0.142. The molecular weight excluding hydrogens is 264 g/mol. The first-order chi connectivity index (χ1) is 10.2. The Morgan fingerprint density at radius 1 is 1.05 bits per heavy atom. The molecule has 0 bridgehead atoms. The van der Waals surface area contributed by atoms with Crippen molar-refractivity contribution in [3.63, 3.8) is 0 Å². The van der Waals surface area contributed by atoms with E-state index in [4.69, 9.17) is 5.73 Å². The number of nitrogens with zero attached hydrogens (tertiary/aromatic N) is 1. The van der Waals surface area contributed by atoms with Crippen molar-refractivity contribution in [2.45, 2.75) is 31.7 Å². The van der Waals surface area contributed by atoms with Crippen molar-refractivity contribution >= 4 is 17.5 Å². The molecule has 0 spiro atoms. The molecule has 1 aliphatic heterocycles. The summed E-state index contributed by atoms with van der Waals surface area (Å²) in [5.41, 5.74) is 8.84. The minimum atomic E-state index is -0.139. The van der Waals surface area contributed by atoms with Gasteiger partial charge in [-0.1, -0.05) is 18.2 Å². The molecule has 2 N–H and O–H groups in total. The lowest BCUT2D eigenvalue weighted by atomic mass is 9.85. The molecule has 1 heterocycles. The van der Waals surface area contributed by atoms with Crippen LogP contribution in [0, 0.1) is 11.8 Å². The van der Waals surface area contributed by atoms with Gasteiger partial charge >= 0.3 is 0 Å². The van der Waals surface area contributed by atoms with Crippen molar-refractivity contribution in [2.75, 3.05) is 5.73 Å². The van der Waals surface area contributed by atoms with Gasteiger partial charge in [-0.3, -0.25) is 14.5 Å². The Kier molecular flexibility index (Phi) is 2.67. The molecule has 4 rings (SSSR count). The lowest BCUT2D eigenvalue weighted by Crippen LogP contribution is -2.34. The number of nitrogen functional groups attached to an aromatic ring is 1. The third kappa shape index (κ3) is 1.75. The molecule has 1 fully saturated rings. The Morgan fingerprint density at radius 2 is 1.71 bits per heavy atom. The summed E-state index contributed by atoms with van der Waals surface area (Å²) in [6.07, 6.45) is 7.16. The van der Waals surface area contributed by atoms with Gasteiger partial charge in [0.05, 0.1) is 17.9 Å². The Bertz CT molecular complexity index is 639. The first-order valence-corrected chi connectivity index (χ1v) is 7.57. The molecule has 2 amide bonds. The number of carbonyl (C=O) groups is 2. The predicted octanol–water partition coefficient (Wildman–Crippen LogP) is 2.21. The van der Waals surface area contributed by atoms with Crippen molar-refractivity contribution in [3.8, 4) is 0 Å². The number of benzene rings is 1. The molecule has 0 aromatic heterocycles. The molecule has 108 valence electrons. The zero-order valence-corrected chi connectivity index (χ0v) is 11.8. The van der Waals surface area contributed by atoms with Gasteiger partial charge in [-0.15, -0.1) is 0 Å². The summed E-state index contributed by atoms with van der Waals surface area (Å²) in [6, 6.07) is 5.71. The summed E-state index contributed by atoms with van der Waals surface area (Å²) in [5.74, 6) is -0.242. The van der Waals surface area contributed by atoms with Crippen molar-refractivity contribution in [2.24, 2.45) is 11.8 Å². The number of amides is 2. The monoisotopic (exact) mass is 282 g/mol. The van der Waals surface area contributed by atoms with Crippen LogP contribution in [0.25, 0.3) is 0 Å². The number of rotatable bonds is 1. The number of aryl methyl sites for hydroxylation is 1. The third-order valence-electron chi connectivity index (χ3n) is 5.07. The number of allylic oxidation sites excluding steroid dienone is 2. The van der Waals surface area contributed by atoms with Crippen molar-refractivity contribution in [1.82, 2.24) is 4.90 Å². The molecule has 4 heteroatoms. The van der Waals surface area contributed by atoms with Gasteiger partial charge in [0.1, 0.15) is 0 Å². The smallest absolute Gasteiger partial charge is 0.233 e. The molecule has 4 nitrogen and oxygen atoms in total. The lowest BCUT2D eigenvalue weighted by Gasteiger charge is -2.23. The zero-order valence-electron chi connectivity index (χ0n) is 11.8. The van der Waals surface area contributed by atoms with E-state index in [9.17, 15) is 9.59 Å². The summed E-state index contributed by atoms with van der Waals surface area (Å²) >= 11 is 0. The highest BCUT2D eigenvalue weighted by molar-refractivity contribution is 6.06. The van der Waals surface area contributed by atoms with Gasteiger partial charge in [-0.05, 0) is 48.9 Å². The second-order valence-corrected chi connectivity index (χ2v) is 6.21. The van der Waals surface area contributed by atoms with Crippen LogP contribution in [0.15, 0.2) is 30.4 Å². The second-order valence-electron chi connectivity index (χ2n) is 6.21. The molecule has 1 aromatic carbocycles. The van der Waals surface area contributed by atoms with E-state index in [0.29, 0.717) is 12.8 Å². The first-order valence-electron chi connectivity index (χ1n) is 7.57. The molecule has 3 atom stereocenters. The Labute approximate surface area is 123 Å². The quantitative estimate of drug-likeness (QED) is 0.488. The maximum atomic E-state index is 12.7. The number of anilines is 1. The van der Waals surface area contributed by atoms with Crippen LogP contribution in [0.3, 0.4) is 0 Å². The fourth-order valence-electron chi connectivity index (χ4n) is 4.02. The maximum absolute atomic E-state index is 12.7. The predicted molar refractivity (Wildman–Crippen MR) is 79.1 cm³/mol. The molecule has 21 heavy (non-hydrogen) atoms. The van der Waals surface area contributed by atoms with Crippen molar-refractivity contribution in [1.29, 1.82) is 0 Å². The van der Waals surface area contributed by atoms with E-state index in [1.165, 1.54) is 5.56 Å². The van der Waals surface area contributed by atoms with E-state index in [2.05, 4.69) is 0 Å². The summed E-state index contributed by atoms with van der Waals surface area (Å²) in [6.45, 7) is 0. The molecule has 3 unspecified atom stereocenters. The van der Waals surface area contributed by atoms with Gasteiger partial charge in [-0.25, -0.2) is 0 Å². The number of imide groups is 1. The van der Waals surface area contributed by atoms with Crippen LogP contribution >= 0.6 is 0 Å². The number of fused-ring (bicyclic) bond motifs is 2. The average molecular weight is 282 g/mol. The summed E-state index contributed by atoms with van der Waals surface area (Å²) < 4.78 is 0. The normalized spacial score (nSPS) is 30.7. The van der Waals surface area contributed by atoms with Crippen molar-refractivity contribution < 1.29 is 9.59 Å². The van der Waals surface area contributed by atoms with E-state index in [1.807, 2.05) is 30.4 Å². The van der Waals surface area contributed by atoms with Crippen molar-refractivity contribution in [3.05, 3.63) is 41.5 Å². The zero-order chi connectivity index (χ0) is 14.6. The highest BCUT2D eigenvalue weighted by Crippen LogP contribution is 2.44. The van der Waals surface area contributed by atoms with Crippen LogP contribution in [0.2, 0.25) is 0 Å². The average Bonchev–Trinajstić information content (AvgIpc) is 2.99. The van der Waals surface area contributed by atoms with Gasteiger partial charge in [0.2, 0.25) is 11.8 Å². The Hall–Kier alpha value is -2.10. The fraction of sp³-hybridized carbons (Fsp3) is 0.412. The SMILES string of the molecule is Nc1ccc2c(c1)CCC2N1C(=O)C2CC=CCC2C1=O. The minimum absolute atomic E-state index is 0.0176. The summed E-state index contributed by atoms with van der Waals surface area (Å²) in [4.78, 5) is 26.9. The molecule has 1 aromatic rings. The molecule has 0 radical (unpaired) electrons. The molecule has 1 saturated heterocycles. The minimum Gasteiger partial charge on any atom is -0.399 e. The van der Waals surface area contributed by atoms with Crippen LogP contribution in [0.5, 0.6) is 0 Å². The van der Waals surface area contributed by atoms with Crippen LogP contribution in [-0.4, -0.2) is 16.7 Å². The first kappa shape index (κ1) is 12.6. The standard InChI is InChI=1S/C17H18N2O2/c18-11-6-7-12-10(9-11)5-8-15(12)19-16(20)13-3-1-2-4-14(13)17(19)21/h1-2,6-7,9,13-15H,3-5,8,18H2. The van der Waals surface area contributed by atoms with E-state index >= 15 is 0 Å². The highest BCUT2D eigenvalue weighted by Gasteiger charge is 2.50. The summed E-state index contributed by atoms with van der Waals surface area (Å²) in [5, 5.41) is 0. The van der Waals surface area contributed by atoms with Crippen LogP contribution in [0.1, 0.15) is 36.4 Å². The highest BCUT2D eigenvalue weighted by atomic mass is 16.2. The van der Waals surface area contributed by atoms with Gasteiger partial charge in [0.25, 0.3) is 0 Å². The third-order valence-corrected chi connectivity index (χ3v) is 5.07. The Balaban J connectivity index is 1.70. The molecule has 3 aliphatic rings. The Morgan fingerprint density at radius 3 is 2.38 bits per heavy atom. The number of hydrogen-bond donors (Lipinski definition) is 1. The van der Waals surface area contributed by atoms with Crippen LogP contribution < -0.4 is 5.73 Å². The molecule has 0 saturated carbocycles. The van der Waals surface area contributed by atoms with Crippen LogP contribution in [-0.2, 0) is 16.0 Å². The fourth-order valence-corrected chi connectivity index (χ4v) is 4.02. The van der Waals surface area contributed by atoms with Gasteiger partial charge in [-0.2, -0.15) is 0 Å². The number of nitrogens with two attached hydrogens (primary N) is 1. The van der Waals surface area contributed by atoms with E-state index in [1.54, 1.807) is 4.90 Å². The van der Waals surface area contributed by atoms with Gasteiger partial charge in [0, 0.05) is 5.69 Å². The van der Waals surface area contributed by atoms with E-state index < -0.39 is 0 Å². The molecular formula is C17H18N2O2. The largest absolute Gasteiger partial charge is 0.399 e. The molecule has 2 aliphatic carbocycles. The maximum Gasteiger partial charge on any atom is 0.233 e. The van der Waals surface area contributed by atoms with Gasteiger partial charge in [0.15, 0.2) is 0 Å².